The van der Waals surface area contributed by atoms with Crippen molar-refractivity contribution in [1.29, 1.82) is 0 Å². The first kappa shape index (κ1) is 16.8. The molecule has 1 aliphatic carbocycles. The molecule has 3 nitrogen and oxygen atoms in total. The van der Waals surface area contributed by atoms with Gasteiger partial charge in [0, 0.05) is 15.7 Å². The van der Waals surface area contributed by atoms with E-state index in [1.165, 1.54) is 0 Å². The standard InChI is InChI=1S/C20H18BrNO2/c1-19(24,11-10-15-6-3-2-4-7-15)20(12-13-20)18(23)22-17-9-5-8-16(21)14-17/h2-9,14,24H,12-13H2,1H3,(H,22,23). The predicted molar refractivity (Wildman–Crippen MR) is 98.4 cm³/mol. The monoisotopic (exact) mass is 383 g/mol. The van der Waals surface area contributed by atoms with Crippen LogP contribution in [0.2, 0.25) is 0 Å². The van der Waals surface area contributed by atoms with Gasteiger partial charge in [-0.05, 0) is 50.1 Å². The number of aliphatic hydroxyl groups is 1. The molecule has 1 aliphatic rings. The van der Waals surface area contributed by atoms with E-state index in [1.54, 1.807) is 6.92 Å². The summed E-state index contributed by atoms with van der Waals surface area (Å²) in [5, 5.41) is 13.7. The van der Waals surface area contributed by atoms with Crippen molar-refractivity contribution in [2.45, 2.75) is 25.4 Å². The summed E-state index contributed by atoms with van der Waals surface area (Å²) in [6, 6.07) is 16.9. The van der Waals surface area contributed by atoms with Crippen LogP contribution in [0.25, 0.3) is 0 Å². The van der Waals surface area contributed by atoms with Crippen molar-refractivity contribution >= 4 is 27.5 Å². The van der Waals surface area contributed by atoms with Crippen molar-refractivity contribution in [3.63, 3.8) is 0 Å². The molecule has 122 valence electrons. The van der Waals surface area contributed by atoms with Crippen LogP contribution in [0.4, 0.5) is 5.69 Å². The third-order valence-electron chi connectivity index (χ3n) is 4.42. The summed E-state index contributed by atoms with van der Waals surface area (Å²) in [7, 11) is 0. The number of rotatable bonds is 3. The average Bonchev–Trinajstić information content (AvgIpc) is 3.36. The topological polar surface area (TPSA) is 49.3 Å². The van der Waals surface area contributed by atoms with Crippen molar-refractivity contribution in [3.05, 3.63) is 64.6 Å². The first-order valence-corrected chi connectivity index (χ1v) is 8.60. The summed E-state index contributed by atoms with van der Waals surface area (Å²) in [6.45, 7) is 1.62. The number of nitrogens with one attached hydrogen (secondary N) is 1. The molecule has 1 fully saturated rings. The van der Waals surface area contributed by atoms with Gasteiger partial charge in [0.25, 0.3) is 0 Å². The van der Waals surface area contributed by atoms with E-state index in [2.05, 4.69) is 33.1 Å². The molecule has 1 unspecified atom stereocenters. The molecular weight excluding hydrogens is 366 g/mol. The van der Waals surface area contributed by atoms with E-state index in [-0.39, 0.29) is 5.91 Å². The zero-order valence-corrected chi connectivity index (χ0v) is 14.9. The second-order valence-corrected chi connectivity index (χ2v) is 7.15. The number of amides is 1. The van der Waals surface area contributed by atoms with E-state index in [1.807, 2.05) is 54.6 Å². The highest BCUT2D eigenvalue weighted by Gasteiger charge is 2.61. The molecule has 2 N–H and O–H groups in total. The second-order valence-electron chi connectivity index (χ2n) is 6.23. The quantitative estimate of drug-likeness (QED) is 0.787. The van der Waals surface area contributed by atoms with Crippen molar-refractivity contribution < 1.29 is 9.90 Å². The fourth-order valence-corrected chi connectivity index (χ4v) is 3.11. The molecule has 4 heteroatoms. The molecule has 1 saturated carbocycles. The van der Waals surface area contributed by atoms with Crippen LogP contribution in [0.5, 0.6) is 0 Å². The lowest BCUT2D eigenvalue weighted by atomic mass is 9.85. The van der Waals surface area contributed by atoms with Crippen molar-refractivity contribution in [3.8, 4) is 11.8 Å². The zero-order chi connectivity index (χ0) is 17.2. The molecule has 0 heterocycles. The van der Waals surface area contributed by atoms with E-state index in [4.69, 9.17) is 0 Å². The lowest BCUT2D eigenvalue weighted by Crippen LogP contribution is -2.43. The number of anilines is 1. The zero-order valence-electron chi connectivity index (χ0n) is 13.3. The molecule has 0 spiro atoms. The SMILES string of the molecule is CC(O)(C#Cc1ccccc1)C1(C(=O)Nc2cccc(Br)c2)CC1. The van der Waals surface area contributed by atoms with Crippen LogP contribution in [0, 0.1) is 17.3 Å². The summed E-state index contributed by atoms with van der Waals surface area (Å²) >= 11 is 3.39. The van der Waals surface area contributed by atoms with Gasteiger partial charge >= 0.3 is 0 Å². The fraction of sp³-hybridized carbons (Fsp3) is 0.250. The molecule has 2 aromatic rings. The van der Waals surface area contributed by atoms with Gasteiger partial charge in [0.2, 0.25) is 5.91 Å². The first-order chi connectivity index (χ1) is 11.4. The molecule has 2 aromatic carbocycles. The van der Waals surface area contributed by atoms with Crippen LogP contribution in [-0.2, 0) is 4.79 Å². The van der Waals surface area contributed by atoms with E-state index in [0.717, 1.165) is 10.0 Å². The summed E-state index contributed by atoms with van der Waals surface area (Å²) in [4.78, 5) is 12.7. The highest BCUT2D eigenvalue weighted by molar-refractivity contribution is 9.10. The Labute approximate surface area is 150 Å². The minimum atomic E-state index is -1.38. The largest absolute Gasteiger partial charge is 0.377 e. The van der Waals surface area contributed by atoms with Gasteiger partial charge in [-0.1, -0.05) is 52.0 Å². The normalized spacial score (nSPS) is 17.1. The number of hydrogen-bond donors (Lipinski definition) is 2. The minimum Gasteiger partial charge on any atom is -0.377 e. The molecule has 0 aromatic heterocycles. The summed E-state index contributed by atoms with van der Waals surface area (Å²) < 4.78 is 0.890. The maximum Gasteiger partial charge on any atom is 0.234 e. The molecule has 0 aliphatic heterocycles. The molecule has 1 atom stereocenters. The Morgan fingerprint density at radius 2 is 1.92 bits per heavy atom. The number of carbonyl (C=O) groups excluding carboxylic acids is 1. The van der Waals surface area contributed by atoms with Gasteiger partial charge in [0.1, 0.15) is 5.60 Å². The van der Waals surface area contributed by atoms with Crippen LogP contribution in [0.3, 0.4) is 0 Å². The minimum absolute atomic E-state index is 0.187. The Hall–Kier alpha value is -2.09. The van der Waals surface area contributed by atoms with E-state index >= 15 is 0 Å². The maximum absolute atomic E-state index is 12.7. The number of carbonyl (C=O) groups is 1. The van der Waals surface area contributed by atoms with Crippen LogP contribution < -0.4 is 5.32 Å². The Balaban J connectivity index is 1.79. The fourth-order valence-electron chi connectivity index (χ4n) is 2.71. The Bertz CT molecular complexity index is 814. The van der Waals surface area contributed by atoms with E-state index in [0.29, 0.717) is 18.5 Å². The first-order valence-electron chi connectivity index (χ1n) is 7.81. The lowest BCUT2D eigenvalue weighted by Gasteiger charge is -2.27. The highest BCUT2D eigenvalue weighted by atomic mass is 79.9. The molecule has 0 bridgehead atoms. The number of hydrogen-bond acceptors (Lipinski definition) is 2. The molecule has 0 radical (unpaired) electrons. The third kappa shape index (κ3) is 3.38. The molecule has 3 rings (SSSR count). The average molecular weight is 384 g/mol. The third-order valence-corrected chi connectivity index (χ3v) is 4.92. The van der Waals surface area contributed by atoms with Gasteiger partial charge in [0.05, 0.1) is 5.41 Å². The van der Waals surface area contributed by atoms with Crippen molar-refractivity contribution in [2.75, 3.05) is 5.32 Å². The number of halogens is 1. The van der Waals surface area contributed by atoms with Gasteiger partial charge in [-0.15, -0.1) is 0 Å². The Kier molecular flexibility index (Phi) is 4.49. The van der Waals surface area contributed by atoms with Gasteiger partial charge < -0.3 is 10.4 Å². The van der Waals surface area contributed by atoms with Crippen LogP contribution >= 0.6 is 15.9 Å². The summed E-state index contributed by atoms with van der Waals surface area (Å²) in [5.74, 6) is 5.68. The predicted octanol–water partition coefficient (Wildman–Crippen LogP) is 3.97. The van der Waals surface area contributed by atoms with Crippen molar-refractivity contribution in [1.82, 2.24) is 0 Å². The van der Waals surface area contributed by atoms with Crippen LogP contribution in [-0.4, -0.2) is 16.6 Å². The summed E-state index contributed by atoms with van der Waals surface area (Å²) in [5.41, 5.74) is -0.704. The lowest BCUT2D eigenvalue weighted by molar-refractivity contribution is -0.127. The molecule has 24 heavy (non-hydrogen) atoms. The van der Waals surface area contributed by atoms with Gasteiger partial charge in [0.15, 0.2) is 0 Å². The van der Waals surface area contributed by atoms with Crippen LogP contribution in [0.15, 0.2) is 59.1 Å². The Morgan fingerprint density at radius 1 is 1.21 bits per heavy atom. The molecule has 1 amide bonds. The van der Waals surface area contributed by atoms with E-state index in [9.17, 15) is 9.90 Å². The maximum atomic E-state index is 12.7. The number of benzene rings is 2. The Morgan fingerprint density at radius 3 is 2.54 bits per heavy atom. The molecular formula is C20H18BrNO2. The smallest absolute Gasteiger partial charge is 0.234 e. The summed E-state index contributed by atoms with van der Waals surface area (Å²) in [6.07, 6.45) is 1.26. The van der Waals surface area contributed by atoms with Gasteiger partial charge in [-0.3, -0.25) is 4.79 Å². The second kappa shape index (κ2) is 6.43. The van der Waals surface area contributed by atoms with E-state index < -0.39 is 11.0 Å². The van der Waals surface area contributed by atoms with Crippen molar-refractivity contribution in [2.24, 2.45) is 5.41 Å². The van der Waals surface area contributed by atoms with Gasteiger partial charge in [-0.25, -0.2) is 0 Å². The van der Waals surface area contributed by atoms with Gasteiger partial charge in [-0.2, -0.15) is 0 Å². The highest BCUT2D eigenvalue weighted by Crippen LogP contribution is 2.54. The van der Waals surface area contributed by atoms with Crippen LogP contribution in [0.1, 0.15) is 25.3 Å². The molecule has 0 saturated heterocycles.